The molecular formula is C19H19N7O2. The maximum Gasteiger partial charge on any atom is 0.335 e. The lowest BCUT2D eigenvalue weighted by molar-refractivity contribution is 0.0697. The Morgan fingerprint density at radius 2 is 1.57 bits per heavy atom. The monoisotopic (exact) mass is 377 g/mol. The molecule has 1 saturated heterocycles. The topological polar surface area (TPSA) is 107 Å². The van der Waals surface area contributed by atoms with Gasteiger partial charge in [-0.1, -0.05) is 6.07 Å². The van der Waals surface area contributed by atoms with Gasteiger partial charge in [-0.05, 0) is 30.3 Å². The number of nitrogens with one attached hydrogen (secondary N) is 1. The van der Waals surface area contributed by atoms with Crippen LogP contribution in [0.4, 0.5) is 23.4 Å². The first-order chi connectivity index (χ1) is 13.7. The van der Waals surface area contributed by atoms with E-state index in [1.165, 1.54) is 0 Å². The van der Waals surface area contributed by atoms with Crippen LogP contribution < -0.4 is 15.1 Å². The Balaban J connectivity index is 1.43. The first kappa shape index (κ1) is 17.7. The SMILES string of the molecule is O=C(O)c1cccc(Nc2ccnc(N3CCN(c4ncccn4)CC3)n2)c1. The van der Waals surface area contributed by atoms with Crippen LogP contribution in [0.25, 0.3) is 0 Å². The Hall–Kier alpha value is -3.75. The second-order valence-corrected chi connectivity index (χ2v) is 6.28. The molecule has 0 aliphatic carbocycles. The summed E-state index contributed by atoms with van der Waals surface area (Å²) in [6, 6.07) is 10.2. The van der Waals surface area contributed by atoms with E-state index in [1.807, 2.05) is 0 Å². The van der Waals surface area contributed by atoms with Crippen molar-refractivity contribution in [3.63, 3.8) is 0 Å². The van der Waals surface area contributed by atoms with Crippen LogP contribution in [0.1, 0.15) is 10.4 Å². The van der Waals surface area contributed by atoms with E-state index >= 15 is 0 Å². The summed E-state index contributed by atoms with van der Waals surface area (Å²) < 4.78 is 0. The molecular weight excluding hydrogens is 358 g/mol. The molecule has 3 aromatic rings. The molecule has 142 valence electrons. The number of carboxylic acid groups (broad SMARTS) is 1. The second-order valence-electron chi connectivity index (χ2n) is 6.28. The van der Waals surface area contributed by atoms with Crippen LogP contribution in [0.2, 0.25) is 0 Å². The van der Waals surface area contributed by atoms with E-state index in [0.29, 0.717) is 17.5 Å². The number of aromatic carboxylic acids is 1. The third-order valence-electron chi connectivity index (χ3n) is 4.42. The van der Waals surface area contributed by atoms with E-state index in [9.17, 15) is 4.79 Å². The van der Waals surface area contributed by atoms with Crippen LogP contribution in [0.5, 0.6) is 0 Å². The minimum absolute atomic E-state index is 0.221. The van der Waals surface area contributed by atoms with Crippen molar-refractivity contribution >= 4 is 29.4 Å². The molecule has 0 saturated carbocycles. The summed E-state index contributed by atoms with van der Waals surface area (Å²) in [7, 11) is 0. The van der Waals surface area contributed by atoms with Crippen LogP contribution in [-0.4, -0.2) is 57.2 Å². The van der Waals surface area contributed by atoms with Gasteiger partial charge in [0, 0.05) is 50.5 Å². The summed E-state index contributed by atoms with van der Waals surface area (Å²) in [6.45, 7) is 3.09. The molecule has 4 rings (SSSR count). The van der Waals surface area contributed by atoms with Crippen molar-refractivity contribution in [2.24, 2.45) is 0 Å². The highest BCUT2D eigenvalue weighted by Gasteiger charge is 2.20. The molecule has 9 heteroatoms. The Labute approximate surface area is 161 Å². The first-order valence-corrected chi connectivity index (χ1v) is 8.89. The van der Waals surface area contributed by atoms with Gasteiger partial charge in [-0.25, -0.2) is 19.7 Å². The van der Waals surface area contributed by atoms with E-state index in [4.69, 9.17) is 5.11 Å². The van der Waals surface area contributed by atoms with Crippen molar-refractivity contribution < 1.29 is 9.90 Å². The summed E-state index contributed by atoms with van der Waals surface area (Å²) >= 11 is 0. The molecule has 0 unspecified atom stereocenters. The zero-order valence-electron chi connectivity index (χ0n) is 15.1. The third-order valence-corrected chi connectivity index (χ3v) is 4.42. The van der Waals surface area contributed by atoms with Gasteiger partial charge in [-0.3, -0.25) is 0 Å². The number of rotatable bonds is 5. The van der Waals surface area contributed by atoms with Gasteiger partial charge in [0.1, 0.15) is 5.82 Å². The predicted octanol–water partition coefficient (Wildman–Crippen LogP) is 2.03. The van der Waals surface area contributed by atoms with Crippen LogP contribution in [0.3, 0.4) is 0 Å². The maximum atomic E-state index is 11.1. The molecule has 1 aromatic carbocycles. The van der Waals surface area contributed by atoms with E-state index < -0.39 is 5.97 Å². The van der Waals surface area contributed by atoms with E-state index in [2.05, 4.69) is 35.1 Å². The predicted molar refractivity (Wildman–Crippen MR) is 105 cm³/mol. The normalized spacial score (nSPS) is 14.0. The molecule has 1 aliphatic heterocycles. The van der Waals surface area contributed by atoms with Gasteiger partial charge in [-0.2, -0.15) is 4.98 Å². The molecule has 3 heterocycles. The molecule has 0 spiro atoms. The van der Waals surface area contributed by atoms with Crippen molar-refractivity contribution in [2.75, 3.05) is 41.3 Å². The van der Waals surface area contributed by atoms with Gasteiger partial charge >= 0.3 is 5.97 Å². The molecule has 0 atom stereocenters. The molecule has 0 bridgehead atoms. The van der Waals surface area contributed by atoms with Gasteiger partial charge < -0.3 is 20.2 Å². The fraction of sp³-hybridized carbons (Fsp3) is 0.211. The van der Waals surface area contributed by atoms with Gasteiger partial charge in [0.25, 0.3) is 0 Å². The van der Waals surface area contributed by atoms with Crippen LogP contribution in [-0.2, 0) is 0 Å². The van der Waals surface area contributed by atoms with E-state index in [0.717, 1.165) is 32.1 Å². The summed E-state index contributed by atoms with van der Waals surface area (Å²) in [5.74, 6) is 1.01. The molecule has 1 fully saturated rings. The molecule has 9 nitrogen and oxygen atoms in total. The highest BCUT2D eigenvalue weighted by atomic mass is 16.4. The number of aromatic nitrogens is 4. The molecule has 28 heavy (non-hydrogen) atoms. The number of carbonyl (C=O) groups is 1. The van der Waals surface area contributed by atoms with Crippen molar-refractivity contribution in [1.82, 2.24) is 19.9 Å². The average Bonchev–Trinajstić information content (AvgIpc) is 2.75. The quantitative estimate of drug-likeness (QED) is 0.690. The Morgan fingerprint density at radius 3 is 2.29 bits per heavy atom. The largest absolute Gasteiger partial charge is 0.478 e. The van der Waals surface area contributed by atoms with Crippen molar-refractivity contribution in [1.29, 1.82) is 0 Å². The number of carboxylic acids is 1. The number of hydrogen-bond donors (Lipinski definition) is 2. The molecule has 0 amide bonds. The zero-order valence-corrected chi connectivity index (χ0v) is 15.1. The van der Waals surface area contributed by atoms with E-state index in [1.54, 1.807) is 55.0 Å². The van der Waals surface area contributed by atoms with Crippen molar-refractivity contribution in [2.45, 2.75) is 0 Å². The fourth-order valence-corrected chi connectivity index (χ4v) is 3.01. The lowest BCUT2D eigenvalue weighted by atomic mass is 10.2. The molecule has 2 aromatic heterocycles. The van der Waals surface area contributed by atoms with Gasteiger partial charge in [-0.15, -0.1) is 0 Å². The molecule has 1 aliphatic rings. The first-order valence-electron chi connectivity index (χ1n) is 8.89. The maximum absolute atomic E-state index is 11.1. The van der Waals surface area contributed by atoms with Crippen molar-refractivity contribution in [3.05, 3.63) is 60.6 Å². The number of hydrogen-bond acceptors (Lipinski definition) is 8. The summed E-state index contributed by atoms with van der Waals surface area (Å²) in [6.07, 6.45) is 5.18. The summed E-state index contributed by atoms with van der Waals surface area (Å²) in [5, 5.41) is 12.3. The molecule has 0 radical (unpaired) electrons. The summed E-state index contributed by atoms with van der Waals surface area (Å²) in [5.41, 5.74) is 0.883. The number of nitrogens with zero attached hydrogens (tertiary/aromatic N) is 6. The highest BCUT2D eigenvalue weighted by Crippen LogP contribution is 2.19. The van der Waals surface area contributed by atoms with Gasteiger partial charge in [0.15, 0.2) is 0 Å². The fourth-order valence-electron chi connectivity index (χ4n) is 3.01. The Bertz CT molecular complexity index is 959. The standard InChI is InChI=1S/C19H19N7O2/c27-17(28)14-3-1-4-15(13-14)23-16-5-8-22-19(24-16)26-11-9-25(10-12-26)18-20-6-2-7-21-18/h1-8,13H,9-12H2,(H,27,28)(H,22,23,24). The van der Waals surface area contributed by atoms with Crippen LogP contribution >= 0.6 is 0 Å². The minimum Gasteiger partial charge on any atom is -0.478 e. The molecule has 2 N–H and O–H groups in total. The van der Waals surface area contributed by atoms with Gasteiger partial charge in [0.2, 0.25) is 11.9 Å². The zero-order chi connectivity index (χ0) is 19.3. The Kier molecular flexibility index (Phi) is 4.96. The number of benzene rings is 1. The highest BCUT2D eigenvalue weighted by molar-refractivity contribution is 5.89. The lowest BCUT2D eigenvalue weighted by Crippen LogP contribution is -2.47. The number of anilines is 4. The van der Waals surface area contributed by atoms with Crippen molar-refractivity contribution in [3.8, 4) is 0 Å². The smallest absolute Gasteiger partial charge is 0.335 e. The average molecular weight is 377 g/mol. The van der Waals surface area contributed by atoms with Crippen LogP contribution in [0.15, 0.2) is 55.0 Å². The third kappa shape index (κ3) is 3.98. The second kappa shape index (κ2) is 7.87. The van der Waals surface area contributed by atoms with E-state index in [-0.39, 0.29) is 5.56 Å². The number of piperazine rings is 1. The summed E-state index contributed by atoms with van der Waals surface area (Å²) in [4.78, 5) is 32.9. The Morgan fingerprint density at radius 1 is 0.893 bits per heavy atom. The van der Waals surface area contributed by atoms with Gasteiger partial charge in [0.05, 0.1) is 5.56 Å². The van der Waals surface area contributed by atoms with Crippen LogP contribution in [0, 0.1) is 0 Å². The lowest BCUT2D eigenvalue weighted by Gasteiger charge is -2.34. The minimum atomic E-state index is -0.965.